The van der Waals surface area contributed by atoms with Crippen LogP contribution >= 0.6 is 0 Å². The zero-order valence-corrected chi connectivity index (χ0v) is 35.7. The van der Waals surface area contributed by atoms with Crippen molar-refractivity contribution in [3.8, 4) is 23.0 Å². The molecule has 3 aliphatic rings. The van der Waals surface area contributed by atoms with Crippen molar-refractivity contribution in [2.24, 2.45) is 22.9 Å². The number of ether oxygens (including phenoxy) is 4. The highest BCUT2D eigenvalue weighted by molar-refractivity contribution is 6.03. The molecule has 0 spiro atoms. The Morgan fingerprint density at radius 2 is 1.65 bits per heavy atom. The summed E-state index contributed by atoms with van der Waals surface area (Å²) in [5, 5.41) is 24.8. The lowest BCUT2D eigenvalue weighted by Crippen LogP contribution is -2.69. The zero-order valence-electron chi connectivity index (χ0n) is 35.7. The Morgan fingerprint density at radius 1 is 0.903 bits per heavy atom. The van der Waals surface area contributed by atoms with Crippen molar-refractivity contribution in [3.63, 3.8) is 0 Å². The Kier molecular flexibility index (Phi) is 14.9. The first-order valence-electron chi connectivity index (χ1n) is 21.7. The van der Waals surface area contributed by atoms with Gasteiger partial charge in [0.2, 0.25) is 11.7 Å². The molecule has 4 aromatic rings. The summed E-state index contributed by atoms with van der Waals surface area (Å²) in [5.74, 6) is 0.278. The molecule has 11 nitrogen and oxygen atoms in total. The maximum atomic E-state index is 14.6. The van der Waals surface area contributed by atoms with Crippen molar-refractivity contribution in [1.29, 1.82) is 0 Å². The third kappa shape index (κ3) is 9.81. The smallest absolute Gasteiger partial charge is 0.239 e. The van der Waals surface area contributed by atoms with E-state index >= 15 is 0 Å². The number of hydrogen-bond donors (Lipinski definition) is 2. The molecule has 62 heavy (non-hydrogen) atoms. The van der Waals surface area contributed by atoms with Crippen LogP contribution in [0.25, 0.3) is 0 Å². The zero-order chi connectivity index (χ0) is 43.5. The molecular formula is C51H58N2O9. The van der Waals surface area contributed by atoms with E-state index in [4.69, 9.17) is 28.9 Å². The molecule has 6 atom stereocenters. The van der Waals surface area contributed by atoms with E-state index in [1.54, 1.807) is 43.3 Å². The predicted octanol–water partition coefficient (Wildman–Crippen LogP) is 8.83. The third-order valence-electron chi connectivity index (χ3n) is 12.5. The summed E-state index contributed by atoms with van der Waals surface area (Å²) in [4.78, 5) is 34.2. The minimum Gasteiger partial charge on any atom is -0.497 e. The molecule has 2 aliphatic carbocycles. The number of unbranched alkanes of at least 4 members (excludes halogenated alkanes) is 2. The molecule has 326 valence electrons. The summed E-state index contributed by atoms with van der Waals surface area (Å²) in [6, 6.07) is 29.6. The molecule has 4 aromatic carbocycles. The number of nitrogens with zero attached hydrogens (tertiary/aromatic N) is 2. The standard InChI is InChI=1S/C51H58N2O9/c1-4-26-59-51-47(53(2)48(57)29-36-16-12-19-39(27-36)58-3)32-45(52-60-34-35-14-6-5-7-15-35)43-30-38(18-8-10-24-54)42(21-9-11-25-55)49(50(43)51)44-31-41(22-23-46(44)62-51)61-40-20-13-17-37(28-40)33-56/h4-7,12-17,19-20,22-23,27-28,30-31,33,38,42,47,49-50,54-55H,1,8-11,18,21,24-26,29,32,34H2,2-3H3/t38-,42+,47-,49+,50+,51+/m0/s1. The number of oxime groups is 1. The largest absolute Gasteiger partial charge is 0.497 e. The van der Waals surface area contributed by atoms with E-state index in [-0.39, 0.29) is 62.9 Å². The van der Waals surface area contributed by atoms with Crippen molar-refractivity contribution < 1.29 is 43.6 Å². The van der Waals surface area contributed by atoms with Gasteiger partial charge in [-0.25, -0.2) is 0 Å². The SMILES string of the molecule is C=CCO[C@@]12Oc3ccc(Oc4cccc(C=O)c4)cc3[C@H]3[C@H](CCCCO)[C@@H](CCCCO)C=C(C(=NOCc4ccccc4)C[C@@H]1N(C)C(=O)Cc1cccc(OC)c1)[C@H]32. The maximum Gasteiger partial charge on any atom is 0.239 e. The monoisotopic (exact) mass is 842 g/mol. The van der Waals surface area contributed by atoms with Crippen LogP contribution in [0, 0.1) is 17.8 Å². The number of fused-ring (bicyclic) bond motifs is 2. The highest BCUT2D eigenvalue weighted by Crippen LogP contribution is 2.62. The lowest BCUT2D eigenvalue weighted by Gasteiger charge is -2.59. The van der Waals surface area contributed by atoms with Crippen molar-refractivity contribution in [2.45, 2.75) is 75.7 Å². The van der Waals surface area contributed by atoms with Crippen LogP contribution in [0.4, 0.5) is 0 Å². The van der Waals surface area contributed by atoms with Gasteiger partial charge in [0.05, 0.1) is 31.8 Å². The van der Waals surface area contributed by atoms with Crippen LogP contribution in [-0.2, 0) is 27.4 Å². The molecule has 0 aromatic heterocycles. The summed E-state index contributed by atoms with van der Waals surface area (Å²) >= 11 is 0. The summed E-state index contributed by atoms with van der Waals surface area (Å²) in [6.45, 7) is 4.62. The number of methoxy groups -OCH3 is 1. The number of aliphatic hydroxyl groups is 2. The Labute approximate surface area is 364 Å². The van der Waals surface area contributed by atoms with Crippen LogP contribution < -0.4 is 14.2 Å². The minimum atomic E-state index is -1.39. The van der Waals surface area contributed by atoms with E-state index in [0.717, 1.165) is 54.2 Å². The van der Waals surface area contributed by atoms with Crippen molar-refractivity contribution in [2.75, 3.05) is 34.0 Å². The van der Waals surface area contributed by atoms with Crippen molar-refractivity contribution in [1.82, 2.24) is 4.90 Å². The van der Waals surface area contributed by atoms with Gasteiger partial charge in [-0.3, -0.25) is 9.59 Å². The number of likely N-dealkylation sites (N-methyl/N-ethyl adjacent to an activating group) is 1. The number of carbonyl (C=O) groups excluding carboxylic acids is 2. The Hall–Kier alpha value is -5.75. The number of aldehydes is 1. The fourth-order valence-corrected chi connectivity index (χ4v) is 9.59. The molecule has 0 bridgehead atoms. The van der Waals surface area contributed by atoms with Gasteiger partial charge in [-0.15, -0.1) is 6.58 Å². The first-order valence-corrected chi connectivity index (χ1v) is 21.7. The van der Waals surface area contributed by atoms with Gasteiger partial charge in [-0.2, -0.15) is 0 Å². The van der Waals surface area contributed by atoms with Gasteiger partial charge >= 0.3 is 0 Å². The second-order valence-electron chi connectivity index (χ2n) is 16.4. The summed E-state index contributed by atoms with van der Waals surface area (Å²) in [7, 11) is 3.41. The molecular weight excluding hydrogens is 785 g/mol. The summed E-state index contributed by atoms with van der Waals surface area (Å²) in [6.07, 6.45) is 9.77. The summed E-state index contributed by atoms with van der Waals surface area (Å²) in [5.41, 5.74) is 4.88. The predicted molar refractivity (Wildman–Crippen MR) is 238 cm³/mol. The molecule has 1 amide bonds. The van der Waals surface area contributed by atoms with Gasteiger partial charge in [-0.05, 0) is 96.7 Å². The fraction of sp³-hybridized carbons (Fsp3) is 0.392. The van der Waals surface area contributed by atoms with E-state index in [0.29, 0.717) is 47.1 Å². The normalized spacial score (nSPS) is 22.9. The van der Waals surface area contributed by atoms with Gasteiger partial charge < -0.3 is 38.9 Å². The van der Waals surface area contributed by atoms with Gasteiger partial charge in [-0.1, -0.05) is 84.7 Å². The van der Waals surface area contributed by atoms with Gasteiger partial charge in [0.1, 0.15) is 41.9 Å². The second kappa shape index (κ2) is 20.9. The number of hydrogen-bond acceptors (Lipinski definition) is 10. The molecule has 2 N–H and O–H groups in total. The molecule has 1 aliphatic heterocycles. The lowest BCUT2D eigenvalue weighted by molar-refractivity contribution is -0.255. The molecule has 1 heterocycles. The molecule has 1 fully saturated rings. The first-order chi connectivity index (χ1) is 30.3. The third-order valence-corrected chi connectivity index (χ3v) is 12.5. The van der Waals surface area contributed by atoms with Gasteiger partial charge in [0, 0.05) is 43.7 Å². The quantitative estimate of drug-likeness (QED) is 0.0365. The Morgan fingerprint density at radius 3 is 2.40 bits per heavy atom. The van der Waals surface area contributed by atoms with Crippen LogP contribution in [0.5, 0.6) is 23.0 Å². The van der Waals surface area contributed by atoms with Crippen molar-refractivity contribution in [3.05, 3.63) is 144 Å². The maximum absolute atomic E-state index is 14.6. The van der Waals surface area contributed by atoms with E-state index in [2.05, 4.69) is 12.7 Å². The van der Waals surface area contributed by atoms with Crippen LogP contribution in [-0.4, -0.2) is 78.8 Å². The topological polar surface area (TPSA) is 136 Å². The Balaban J connectivity index is 1.40. The van der Waals surface area contributed by atoms with Crippen LogP contribution in [0.2, 0.25) is 0 Å². The number of carbonyl (C=O) groups is 2. The number of rotatable bonds is 21. The van der Waals surface area contributed by atoms with Crippen LogP contribution in [0.3, 0.4) is 0 Å². The number of allylic oxidation sites excluding steroid dienone is 1. The summed E-state index contributed by atoms with van der Waals surface area (Å²) < 4.78 is 26.3. The van der Waals surface area contributed by atoms with E-state index in [9.17, 15) is 19.8 Å². The number of benzene rings is 4. The van der Waals surface area contributed by atoms with Gasteiger partial charge in [0.15, 0.2) is 0 Å². The molecule has 7 rings (SSSR count). The molecule has 1 saturated carbocycles. The molecule has 11 heteroatoms. The molecule has 0 unspecified atom stereocenters. The minimum absolute atomic E-state index is 0.0417. The van der Waals surface area contributed by atoms with Crippen LogP contribution in [0.15, 0.2) is 127 Å². The number of amides is 1. The molecule has 0 saturated heterocycles. The second-order valence-corrected chi connectivity index (χ2v) is 16.4. The highest BCUT2D eigenvalue weighted by Gasteiger charge is 2.65. The van der Waals surface area contributed by atoms with E-state index in [1.165, 1.54) is 0 Å². The lowest BCUT2D eigenvalue weighted by atomic mass is 9.55. The average Bonchev–Trinajstić information content (AvgIpc) is 3.30. The van der Waals surface area contributed by atoms with Crippen LogP contribution in [0.1, 0.15) is 77.9 Å². The van der Waals surface area contributed by atoms with Crippen molar-refractivity contribution >= 4 is 17.9 Å². The Bertz CT molecular complexity index is 2220. The first kappa shape index (κ1) is 44.3. The average molecular weight is 843 g/mol. The van der Waals surface area contributed by atoms with E-state index < -0.39 is 17.7 Å². The fourth-order valence-electron chi connectivity index (χ4n) is 9.59. The molecule has 0 radical (unpaired) electrons. The highest BCUT2D eigenvalue weighted by atomic mass is 16.7. The van der Waals surface area contributed by atoms with E-state index in [1.807, 2.05) is 78.9 Å². The number of aliphatic hydroxyl groups excluding tert-OH is 2. The van der Waals surface area contributed by atoms with Gasteiger partial charge in [0.25, 0.3) is 0 Å².